The summed E-state index contributed by atoms with van der Waals surface area (Å²) in [4.78, 5) is 26.3. The van der Waals surface area contributed by atoms with Gasteiger partial charge in [-0.2, -0.15) is 0 Å². The molecule has 1 aliphatic heterocycles. The zero-order valence-corrected chi connectivity index (χ0v) is 19.1. The number of carbonyl (C=O) groups excluding carboxylic acids is 1. The zero-order valence-electron chi connectivity index (χ0n) is 19.1. The van der Waals surface area contributed by atoms with E-state index in [1.807, 2.05) is 36.5 Å². The van der Waals surface area contributed by atoms with E-state index >= 15 is 0 Å². The molecule has 3 aromatic rings. The number of nitrogens with zero attached hydrogens (tertiary/aromatic N) is 3. The van der Waals surface area contributed by atoms with E-state index in [0.29, 0.717) is 24.7 Å². The van der Waals surface area contributed by atoms with E-state index in [2.05, 4.69) is 40.5 Å². The van der Waals surface area contributed by atoms with Crippen molar-refractivity contribution in [3.63, 3.8) is 0 Å². The first kappa shape index (κ1) is 21.5. The van der Waals surface area contributed by atoms with Crippen molar-refractivity contribution in [2.45, 2.75) is 51.0 Å². The first-order valence-electron chi connectivity index (χ1n) is 11.6. The summed E-state index contributed by atoms with van der Waals surface area (Å²) in [5.74, 6) is 0.449. The number of rotatable bonds is 5. The summed E-state index contributed by atoms with van der Waals surface area (Å²) >= 11 is 0. The molecule has 7 nitrogen and oxygen atoms in total. The largest absolute Gasteiger partial charge is 0.381 e. The van der Waals surface area contributed by atoms with Gasteiger partial charge < -0.3 is 15.4 Å². The molecule has 2 aromatic heterocycles. The molecular formula is C26H29N5O2. The predicted molar refractivity (Wildman–Crippen MR) is 128 cm³/mol. The van der Waals surface area contributed by atoms with Crippen LogP contribution in [0.4, 0.5) is 11.6 Å². The summed E-state index contributed by atoms with van der Waals surface area (Å²) in [5.41, 5.74) is 5.93. The molecule has 7 heteroatoms. The summed E-state index contributed by atoms with van der Waals surface area (Å²) in [5, 5.41) is 6.32. The van der Waals surface area contributed by atoms with Gasteiger partial charge in [0.05, 0.1) is 5.69 Å². The van der Waals surface area contributed by atoms with Gasteiger partial charge in [-0.1, -0.05) is 13.8 Å². The molecule has 0 unspecified atom stereocenters. The molecule has 33 heavy (non-hydrogen) atoms. The fourth-order valence-corrected chi connectivity index (χ4v) is 4.51. The number of carbonyl (C=O) groups is 1. The molecule has 0 bridgehead atoms. The monoisotopic (exact) mass is 443 g/mol. The van der Waals surface area contributed by atoms with Gasteiger partial charge in [0.25, 0.3) is 5.91 Å². The summed E-state index contributed by atoms with van der Waals surface area (Å²) in [6, 6.07) is 11.7. The number of hydrogen-bond donors (Lipinski definition) is 2. The first-order chi connectivity index (χ1) is 16.0. The van der Waals surface area contributed by atoms with Gasteiger partial charge in [-0.25, -0.2) is 9.97 Å². The summed E-state index contributed by atoms with van der Waals surface area (Å²) in [7, 11) is 0. The number of nitrogens with one attached hydrogen (secondary N) is 2. The van der Waals surface area contributed by atoms with Crippen LogP contribution < -0.4 is 10.6 Å². The van der Waals surface area contributed by atoms with Crippen molar-refractivity contribution in [3.8, 4) is 11.3 Å². The van der Waals surface area contributed by atoms with Crippen LogP contribution in [-0.4, -0.2) is 40.1 Å². The van der Waals surface area contributed by atoms with Crippen molar-refractivity contribution in [3.05, 3.63) is 65.6 Å². The second kappa shape index (κ2) is 8.90. The number of benzene rings is 1. The van der Waals surface area contributed by atoms with Gasteiger partial charge in [-0.05, 0) is 73.1 Å². The van der Waals surface area contributed by atoms with Crippen molar-refractivity contribution in [2.24, 2.45) is 0 Å². The highest BCUT2D eigenvalue weighted by Gasteiger charge is 2.31. The van der Waals surface area contributed by atoms with Crippen LogP contribution in [0.15, 0.2) is 48.8 Å². The van der Waals surface area contributed by atoms with Crippen LogP contribution in [0.5, 0.6) is 0 Å². The Hall–Kier alpha value is -3.32. The summed E-state index contributed by atoms with van der Waals surface area (Å²) < 4.78 is 5.35. The SMILES string of the molecule is CC1(C)CCc2ncc(-c3ccnc(Nc4ccc(C(=O)NC5CCOCC5)cc4)n3)cc21. The Bertz CT molecular complexity index is 1150. The highest BCUT2D eigenvalue weighted by atomic mass is 16.5. The van der Waals surface area contributed by atoms with Crippen LogP contribution in [-0.2, 0) is 16.6 Å². The maximum atomic E-state index is 12.5. The van der Waals surface area contributed by atoms with Crippen molar-refractivity contribution >= 4 is 17.5 Å². The third kappa shape index (κ3) is 4.73. The Morgan fingerprint density at radius 3 is 2.67 bits per heavy atom. The Morgan fingerprint density at radius 2 is 1.88 bits per heavy atom. The third-order valence-corrected chi connectivity index (χ3v) is 6.60. The van der Waals surface area contributed by atoms with E-state index in [1.165, 1.54) is 11.3 Å². The number of pyridine rings is 1. The van der Waals surface area contributed by atoms with Crippen LogP contribution in [0.2, 0.25) is 0 Å². The number of hydrogen-bond acceptors (Lipinski definition) is 6. The van der Waals surface area contributed by atoms with Gasteiger partial charge in [-0.3, -0.25) is 9.78 Å². The maximum absolute atomic E-state index is 12.5. The molecule has 3 heterocycles. The smallest absolute Gasteiger partial charge is 0.251 e. The Kier molecular flexibility index (Phi) is 5.81. The second-order valence-corrected chi connectivity index (χ2v) is 9.43. The van der Waals surface area contributed by atoms with E-state index < -0.39 is 0 Å². The Morgan fingerprint density at radius 1 is 1.09 bits per heavy atom. The van der Waals surface area contributed by atoms with Gasteiger partial charge in [0.1, 0.15) is 0 Å². The number of aryl methyl sites for hydroxylation is 1. The van der Waals surface area contributed by atoms with Gasteiger partial charge in [0.2, 0.25) is 5.95 Å². The fraction of sp³-hybridized carbons (Fsp3) is 0.385. The average Bonchev–Trinajstić information content (AvgIpc) is 3.14. The highest BCUT2D eigenvalue weighted by Crippen LogP contribution is 2.38. The van der Waals surface area contributed by atoms with Crippen molar-refractivity contribution in [1.82, 2.24) is 20.3 Å². The number of ether oxygens (including phenoxy) is 1. The fourth-order valence-electron chi connectivity index (χ4n) is 4.51. The molecule has 0 atom stereocenters. The molecule has 1 aliphatic carbocycles. The summed E-state index contributed by atoms with van der Waals surface area (Å²) in [6.45, 7) is 5.94. The molecule has 1 fully saturated rings. The van der Waals surface area contributed by atoms with Crippen LogP contribution in [0.1, 0.15) is 54.7 Å². The van der Waals surface area contributed by atoms with Gasteiger partial charge in [-0.15, -0.1) is 0 Å². The van der Waals surface area contributed by atoms with Crippen LogP contribution >= 0.6 is 0 Å². The van der Waals surface area contributed by atoms with E-state index in [9.17, 15) is 4.79 Å². The lowest BCUT2D eigenvalue weighted by atomic mass is 9.86. The van der Waals surface area contributed by atoms with Crippen molar-refractivity contribution < 1.29 is 9.53 Å². The molecule has 1 aromatic carbocycles. The first-order valence-corrected chi connectivity index (χ1v) is 11.6. The van der Waals surface area contributed by atoms with Gasteiger partial charge in [0, 0.05) is 54.2 Å². The lowest BCUT2D eigenvalue weighted by Crippen LogP contribution is -2.38. The van der Waals surface area contributed by atoms with Crippen LogP contribution in [0.3, 0.4) is 0 Å². The standard InChI is InChI=1S/C26H29N5O2/c1-26(2)11-7-23-21(26)15-18(16-28-23)22-8-12-27-25(31-22)30-19-5-3-17(4-6-19)24(32)29-20-9-13-33-14-10-20/h3-6,8,12,15-16,20H,7,9-11,13-14H2,1-2H3,(H,29,32)(H,27,30,31). The van der Waals surface area contributed by atoms with Crippen molar-refractivity contribution in [2.75, 3.05) is 18.5 Å². The quantitative estimate of drug-likeness (QED) is 0.607. The van der Waals surface area contributed by atoms with E-state index in [1.54, 1.807) is 6.20 Å². The number of aromatic nitrogens is 3. The lowest BCUT2D eigenvalue weighted by molar-refractivity contribution is 0.0696. The lowest BCUT2D eigenvalue weighted by Gasteiger charge is -2.23. The molecule has 1 amide bonds. The molecule has 5 rings (SSSR count). The average molecular weight is 444 g/mol. The minimum atomic E-state index is -0.0567. The second-order valence-electron chi connectivity index (χ2n) is 9.43. The molecule has 0 saturated carbocycles. The van der Waals surface area contributed by atoms with E-state index in [-0.39, 0.29) is 17.4 Å². The maximum Gasteiger partial charge on any atom is 0.251 e. The topological polar surface area (TPSA) is 89.0 Å². The number of fused-ring (bicyclic) bond motifs is 1. The predicted octanol–water partition coefficient (Wildman–Crippen LogP) is 4.41. The molecule has 0 radical (unpaired) electrons. The van der Waals surface area contributed by atoms with Gasteiger partial charge in [0.15, 0.2) is 0 Å². The number of amides is 1. The molecular weight excluding hydrogens is 414 g/mol. The van der Waals surface area contributed by atoms with E-state index in [0.717, 1.165) is 42.6 Å². The highest BCUT2D eigenvalue weighted by molar-refractivity contribution is 5.94. The van der Waals surface area contributed by atoms with Gasteiger partial charge >= 0.3 is 0 Å². The molecule has 170 valence electrons. The van der Waals surface area contributed by atoms with Crippen molar-refractivity contribution in [1.29, 1.82) is 0 Å². The summed E-state index contributed by atoms with van der Waals surface area (Å²) in [6.07, 6.45) is 7.52. The Balaban J connectivity index is 1.28. The normalized spacial score (nSPS) is 17.4. The Labute approximate surface area is 194 Å². The molecule has 1 saturated heterocycles. The minimum absolute atomic E-state index is 0.0567. The van der Waals surface area contributed by atoms with E-state index in [4.69, 9.17) is 9.72 Å². The third-order valence-electron chi connectivity index (χ3n) is 6.60. The number of anilines is 2. The van der Waals surface area contributed by atoms with Crippen LogP contribution in [0.25, 0.3) is 11.3 Å². The zero-order chi connectivity index (χ0) is 22.8. The molecule has 2 N–H and O–H groups in total. The van der Waals surface area contributed by atoms with Crippen LogP contribution in [0, 0.1) is 0 Å². The molecule has 0 spiro atoms. The molecule has 2 aliphatic rings. The minimum Gasteiger partial charge on any atom is -0.381 e.